The highest BCUT2D eigenvalue weighted by Crippen LogP contribution is 2.20. The van der Waals surface area contributed by atoms with Gasteiger partial charge in [-0.25, -0.2) is 0 Å². The van der Waals surface area contributed by atoms with E-state index in [0.717, 1.165) is 19.4 Å². The fourth-order valence-electron chi connectivity index (χ4n) is 3.04. The van der Waals surface area contributed by atoms with Crippen LogP contribution in [0.15, 0.2) is 0 Å². The van der Waals surface area contributed by atoms with Crippen LogP contribution in [0.5, 0.6) is 0 Å². The maximum atomic E-state index is 12.0. The molecule has 0 amide bonds. The van der Waals surface area contributed by atoms with Gasteiger partial charge in [0.2, 0.25) is 0 Å². The van der Waals surface area contributed by atoms with Gasteiger partial charge in [-0.2, -0.15) is 0 Å². The zero-order chi connectivity index (χ0) is 17.8. The molecule has 0 bridgehead atoms. The van der Waals surface area contributed by atoms with Crippen LogP contribution in [0.3, 0.4) is 0 Å². The van der Waals surface area contributed by atoms with Crippen molar-refractivity contribution in [3.05, 3.63) is 0 Å². The van der Waals surface area contributed by atoms with Crippen LogP contribution in [0.25, 0.3) is 0 Å². The topological polar surface area (TPSA) is 41.6 Å². The maximum absolute atomic E-state index is 12.0. The zero-order valence-corrected chi connectivity index (χ0v) is 19.5. The molecule has 0 aliphatic carbocycles. The lowest BCUT2D eigenvalue weighted by Crippen LogP contribution is -2.59. The molecule has 0 aromatic heterocycles. The van der Waals surface area contributed by atoms with Crippen molar-refractivity contribution in [2.24, 2.45) is 0 Å². The van der Waals surface area contributed by atoms with Gasteiger partial charge in [0, 0.05) is 0 Å². The number of esters is 1. The number of carbonyl (C=O) groups excluding carboxylic acids is 1. The van der Waals surface area contributed by atoms with E-state index in [9.17, 15) is 4.79 Å². The van der Waals surface area contributed by atoms with Crippen LogP contribution in [-0.2, 0) is 9.53 Å². The lowest BCUT2D eigenvalue weighted by Gasteiger charge is -2.43. The van der Waals surface area contributed by atoms with E-state index in [4.69, 9.17) is 4.74 Å². The van der Waals surface area contributed by atoms with Gasteiger partial charge in [-0.3, -0.25) is 4.79 Å². The van der Waals surface area contributed by atoms with Gasteiger partial charge < -0.3 is 14.0 Å². The molecule has 22 heavy (non-hydrogen) atoms. The lowest BCUT2D eigenvalue weighted by atomic mass is 10.2. The van der Waals surface area contributed by atoms with E-state index in [1.165, 1.54) is 7.11 Å². The summed E-state index contributed by atoms with van der Waals surface area (Å²) in [5, 5.41) is 0. The molecular weight excluding hydrogens is 324 g/mol. The molecule has 0 fully saturated rings. The minimum Gasteiger partial charge on any atom is -0.468 e. The first-order valence-corrected chi connectivity index (χ1v) is 18.7. The molecular formula is C15H38N2O2Si3. The second kappa shape index (κ2) is 8.23. The molecule has 1 atom stereocenters. The quantitative estimate of drug-likeness (QED) is 0.501. The largest absolute Gasteiger partial charge is 0.468 e. The molecule has 0 heterocycles. The SMILES string of the molecule is COC(=O)[C@H](CCCN([Si](C)(C)C)[Si](C)(C)C)N[Si](C)(C)C. The summed E-state index contributed by atoms with van der Waals surface area (Å²) in [7, 11) is -2.63. The van der Waals surface area contributed by atoms with Crippen molar-refractivity contribution in [1.29, 1.82) is 0 Å². The highest BCUT2D eigenvalue weighted by atomic mass is 28.4. The Morgan fingerprint density at radius 2 is 1.45 bits per heavy atom. The molecule has 0 saturated carbocycles. The summed E-state index contributed by atoms with van der Waals surface area (Å²) in [6.45, 7) is 22.3. The van der Waals surface area contributed by atoms with Gasteiger partial charge in [0.05, 0.1) is 13.2 Å². The number of methoxy groups -OCH3 is 1. The Bertz CT molecular complexity index is 343. The van der Waals surface area contributed by atoms with E-state index in [1.54, 1.807) is 0 Å². The van der Waals surface area contributed by atoms with Gasteiger partial charge in [-0.15, -0.1) is 0 Å². The molecule has 4 nitrogen and oxygen atoms in total. The Balaban J connectivity index is 4.75. The first-order chi connectivity index (χ1) is 9.68. The number of ether oxygens (including phenoxy) is 1. The van der Waals surface area contributed by atoms with Crippen molar-refractivity contribution in [1.82, 2.24) is 9.21 Å². The summed E-state index contributed by atoms with van der Waals surface area (Å²) in [6.07, 6.45) is 1.91. The molecule has 0 spiro atoms. The molecule has 0 aliphatic rings. The Kier molecular flexibility index (Phi) is 8.25. The molecule has 7 heteroatoms. The predicted octanol–water partition coefficient (Wildman–Crippen LogP) is 3.70. The van der Waals surface area contributed by atoms with Gasteiger partial charge in [0.1, 0.15) is 24.7 Å². The van der Waals surface area contributed by atoms with Crippen LogP contribution in [0, 0.1) is 0 Å². The lowest BCUT2D eigenvalue weighted by molar-refractivity contribution is -0.142. The summed E-state index contributed by atoms with van der Waals surface area (Å²) in [4.78, 5) is 15.5. The van der Waals surface area contributed by atoms with Crippen LogP contribution in [0.4, 0.5) is 0 Å². The minimum absolute atomic E-state index is 0.116. The molecule has 0 unspecified atom stereocenters. The minimum atomic E-state index is -1.50. The predicted molar refractivity (Wildman–Crippen MR) is 105 cm³/mol. The zero-order valence-electron chi connectivity index (χ0n) is 16.5. The molecule has 132 valence electrons. The third kappa shape index (κ3) is 8.62. The van der Waals surface area contributed by atoms with Crippen LogP contribution < -0.4 is 4.98 Å². The second-order valence-electron chi connectivity index (χ2n) is 9.11. The Morgan fingerprint density at radius 1 is 1.00 bits per heavy atom. The number of nitrogens with zero attached hydrogens (tertiary/aromatic N) is 1. The molecule has 0 aromatic rings. The van der Waals surface area contributed by atoms with Crippen molar-refractivity contribution in [2.45, 2.75) is 77.8 Å². The van der Waals surface area contributed by atoms with Crippen molar-refractivity contribution >= 4 is 30.7 Å². The Hall–Kier alpha value is 0.0406. The summed E-state index contributed by atoms with van der Waals surface area (Å²) < 4.78 is 7.76. The van der Waals surface area contributed by atoms with Gasteiger partial charge >= 0.3 is 5.97 Å². The monoisotopic (exact) mass is 362 g/mol. The summed E-state index contributed by atoms with van der Waals surface area (Å²) in [5.74, 6) is -0.116. The summed E-state index contributed by atoms with van der Waals surface area (Å²) >= 11 is 0. The van der Waals surface area contributed by atoms with E-state index < -0.39 is 24.7 Å². The highest BCUT2D eigenvalue weighted by molar-refractivity contribution is 6.89. The van der Waals surface area contributed by atoms with E-state index in [0.29, 0.717) is 0 Å². The average Bonchev–Trinajstić information content (AvgIpc) is 2.27. The number of rotatable bonds is 9. The molecule has 0 radical (unpaired) electrons. The number of nitrogens with one attached hydrogen (secondary N) is 1. The summed E-state index contributed by atoms with van der Waals surface area (Å²) in [6, 6.07) is -0.151. The fraction of sp³-hybridized carbons (Fsp3) is 0.933. The normalized spacial score (nSPS) is 15.0. The molecule has 1 N–H and O–H groups in total. The van der Waals surface area contributed by atoms with E-state index in [2.05, 4.69) is 68.1 Å². The van der Waals surface area contributed by atoms with Gasteiger partial charge in [0.25, 0.3) is 0 Å². The second-order valence-corrected chi connectivity index (χ2v) is 24.1. The third-order valence-corrected chi connectivity index (χ3v) is 12.5. The van der Waals surface area contributed by atoms with Gasteiger partial charge in [-0.05, 0) is 19.4 Å². The molecule has 0 aromatic carbocycles. The van der Waals surface area contributed by atoms with Crippen molar-refractivity contribution in [3.63, 3.8) is 0 Å². The number of hydrogen-bond acceptors (Lipinski definition) is 4. The Morgan fingerprint density at radius 3 is 1.77 bits per heavy atom. The number of hydrogen-bond donors (Lipinski definition) is 1. The van der Waals surface area contributed by atoms with Gasteiger partial charge in [0.15, 0.2) is 0 Å². The number of carbonyl (C=O) groups is 1. The Labute approximate surface area is 141 Å². The van der Waals surface area contributed by atoms with Crippen molar-refractivity contribution in [2.75, 3.05) is 13.7 Å². The van der Waals surface area contributed by atoms with Crippen LogP contribution in [-0.4, -0.2) is 54.6 Å². The maximum Gasteiger partial charge on any atom is 0.322 e. The van der Waals surface area contributed by atoms with Crippen LogP contribution in [0.2, 0.25) is 58.9 Å². The first kappa shape index (κ1) is 22.0. The van der Waals surface area contributed by atoms with E-state index in [-0.39, 0.29) is 12.0 Å². The van der Waals surface area contributed by atoms with E-state index >= 15 is 0 Å². The standard InChI is InChI=1S/C15H38N2O2Si3/c1-19-15(18)14(16-20(2,3)4)12-11-13-17(21(5,6)7)22(8,9)10/h14,16H,11-13H2,1-10H3/t14-/m0/s1. The fourth-order valence-corrected chi connectivity index (χ4v) is 14.1. The molecule has 0 rings (SSSR count). The van der Waals surface area contributed by atoms with E-state index in [1.807, 2.05) is 0 Å². The average molecular weight is 363 g/mol. The molecule has 0 saturated heterocycles. The van der Waals surface area contributed by atoms with Crippen LogP contribution in [0.1, 0.15) is 12.8 Å². The van der Waals surface area contributed by atoms with Crippen molar-refractivity contribution in [3.8, 4) is 0 Å². The van der Waals surface area contributed by atoms with Gasteiger partial charge in [-0.1, -0.05) is 58.9 Å². The first-order valence-electron chi connectivity index (χ1n) is 8.32. The third-order valence-electron chi connectivity index (χ3n) is 3.59. The summed E-state index contributed by atoms with van der Waals surface area (Å²) in [5.41, 5.74) is 0. The van der Waals surface area contributed by atoms with Crippen molar-refractivity contribution < 1.29 is 9.53 Å². The van der Waals surface area contributed by atoms with Crippen LogP contribution >= 0.6 is 0 Å². The molecule has 0 aliphatic heterocycles. The smallest absolute Gasteiger partial charge is 0.322 e. The highest BCUT2D eigenvalue weighted by Gasteiger charge is 2.34.